The van der Waals surface area contributed by atoms with Crippen LogP contribution in [-0.4, -0.2) is 30.4 Å². The SMILES string of the molecule is CNC1C(=O)Nc2cc(SCCCO)c(Br)cc21. The van der Waals surface area contributed by atoms with Crippen molar-refractivity contribution in [2.75, 3.05) is 24.7 Å². The Kier molecular flexibility index (Phi) is 4.66. The number of fused-ring (bicyclic) bond motifs is 1. The van der Waals surface area contributed by atoms with Crippen molar-refractivity contribution in [2.24, 2.45) is 0 Å². The van der Waals surface area contributed by atoms with Gasteiger partial charge in [-0.3, -0.25) is 4.79 Å². The molecule has 18 heavy (non-hydrogen) atoms. The van der Waals surface area contributed by atoms with Crippen LogP contribution in [0, 0.1) is 0 Å². The minimum absolute atomic E-state index is 0.0168. The highest BCUT2D eigenvalue weighted by atomic mass is 79.9. The first kappa shape index (κ1) is 13.9. The van der Waals surface area contributed by atoms with E-state index >= 15 is 0 Å². The van der Waals surface area contributed by atoms with Crippen LogP contribution in [0.25, 0.3) is 0 Å². The summed E-state index contributed by atoms with van der Waals surface area (Å²) in [6.45, 7) is 0.203. The highest BCUT2D eigenvalue weighted by molar-refractivity contribution is 9.10. The number of hydrogen-bond acceptors (Lipinski definition) is 4. The molecule has 1 amide bonds. The van der Waals surface area contributed by atoms with Crippen molar-refractivity contribution in [3.8, 4) is 0 Å². The summed E-state index contributed by atoms with van der Waals surface area (Å²) in [6.07, 6.45) is 0.764. The van der Waals surface area contributed by atoms with Crippen LogP contribution in [0.4, 0.5) is 5.69 Å². The molecule has 0 saturated heterocycles. The summed E-state index contributed by atoms with van der Waals surface area (Å²) >= 11 is 5.20. The molecule has 4 nitrogen and oxygen atoms in total. The van der Waals surface area contributed by atoms with Crippen molar-refractivity contribution in [1.29, 1.82) is 0 Å². The number of aliphatic hydroxyl groups is 1. The molecule has 0 fully saturated rings. The van der Waals surface area contributed by atoms with Crippen LogP contribution in [0.1, 0.15) is 18.0 Å². The molecule has 0 bridgehead atoms. The molecule has 0 aromatic heterocycles. The monoisotopic (exact) mass is 330 g/mol. The Balaban J connectivity index is 2.22. The van der Waals surface area contributed by atoms with Crippen LogP contribution < -0.4 is 10.6 Å². The molecule has 1 aromatic rings. The van der Waals surface area contributed by atoms with E-state index < -0.39 is 0 Å². The van der Waals surface area contributed by atoms with Crippen molar-refractivity contribution in [1.82, 2.24) is 5.32 Å². The van der Waals surface area contributed by atoms with E-state index in [4.69, 9.17) is 5.11 Å². The number of carbonyl (C=O) groups is 1. The number of aliphatic hydroxyl groups excluding tert-OH is 1. The van der Waals surface area contributed by atoms with E-state index in [0.717, 1.165) is 32.8 Å². The molecule has 3 N–H and O–H groups in total. The average molecular weight is 331 g/mol. The van der Waals surface area contributed by atoms with E-state index in [0.29, 0.717) is 0 Å². The maximum atomic E-state index is 11.7. The summed E-state index contributed by atoms with van der Waals surface area (Å²) < 4.78 is 0.987. The highest BCUT2D eigenvalue weighted by Gasteiger charge is 2.29. The number of rotatable bonds is 5. The largest absolute Gasteiger partial charge is 0.396 e. The standard InChI is InChI=1S/C12H15BrN2O2S/c1-14-11-7-5-8(13)10(18-4-2-3-16)6-9(7)15-12(11)17/h5-6,11,14,16H,2-4H2,1H3,(H,15,17). The molecule has 2 rings (SSSR count). The normalized spacial score (nSPS) is 17.7. The van der Waals surface area contributed by atoms with Gasteiger partial charge in [0.1, 0.15) is 6.04 Å². The van der Waals surface area contributed by atoms with Gasteiger partial charge in [-0.05, 0) is 41.5 Å². The zero-order valence-electron chi connectivity index (χ0n) is 10.00. The van der Waals surface area contributed by atoms with E-state index in [1.807, 2.05) is 12.1 Å². The lowest BCUT2D eigenvalue weighted by atomic mass is 10.1. The molecule has 1 aliphatic rings. The molecule has 1 unspecified atom stereocenters. The number of anilines is 1. The Hall–Kier alpha value is -0.560. The quantitative estimate of drug-likeness (QED) is 0.571. The molecule has 1 atom stereocenters. The molecule has 1 aliphatic heterocycles. The van der Waals surface area contributed by atoms with Gasteiger partial charge in [0.15, 0.2) is 0 Å². The van der Waals surface area contributed by atoms with Gasteiger partial charge in [-0.1, -0.05) is 0 Å². The average Bonchev–Trinajstić information content (AvgIpc) is 2.64. The third-order valence-electron chi connectivity index (χ3n) is 2.78. The molecule has 6 heteroatoms. The zero-order chi connectivity index (χ0) is 13.1. The maximum absolute atomic E-state index is 11.7. The van der Waals surface area contributed by atoms with E-state index in [2.05, 4.69) is 26.6 Å². The number of hydrogen-bond donors (Lipinski definition) is 3. The lowest BCUT2D eigenvalue weighted by Crippen LogP contribution is -2.23. The van der Waals surface area contributed by atoms with Gasteiger partial charge in [0.25, 0.3) is 0 Å². The minimum Gasteiger partial charge on any atom is -0.396 e. The van der Waals surface area contributed by atoms with Gasteiger partial charge in [-0.15, -0.1) is 11.8 Å². The Labute approximate surface area is 119 Å². The Morgan fingerprint density at radius 1 is 1.56 bits per heavy atom. The van der Waals surface area contributed by atoms with Crippen molar-refractivity contribution >= 4 is 39.3 Å². The fraction of sp³-hybridized carbons (Fsp3) is 0.417. The molecule has 0 aliphatic carbocycles. The summed E-state index contributed by atoms with van der Waals surface area (Å²) in [4.78, 5) is 12.8. The van der Waals surface area contributed by atoms with Crippen LogP contribution in [0.15, 0.2) is 21.5 Å². The Morgan fingerprint density at radius 2 is 2.33 bits per heavy atom. The van der Waals surface area contributed by atoms with Crippen molar-refractivity contribution in [3.63, 3.8) is 0 Å². The third kappa shape index (κ3) is 2.71. The van der Waals surface area contributed by atoms with E-state index in [-0.39, 0.29) is 18.6 Å². The Bertz CT molecular complexity index is 468. The third-order valence-corrected chi connectivity index (χ3v) is 4.84. The maximum Gasteiger partial charge on any atom is 0.246 e. The van der Waals surface area contributed by atoms with E-state index in [1.165, 1.54) is 0 Å². The number of carbonyl (C=O) groups excluding carboxylic acids is 1. The number of likely N-dealkylation sites (N-methyl/N-ethyl adjacent to an activating group) is 1. The van der Waals surface area contributed by atoms with Crippen LogP contribution in [0.5, 0.6) is 0 Å². The van der Waals surface area contributed by atoms with Gasteiger partial charge in [-0.25, -0.2) is 0 Å². The predicted octanol–water partition coefficient (Wildman–Crippen LogP) is 2.14. The molecular weight excluding hydrogens is 316 g/mol. The molecule has 98 valence electrons. The summed E-state index contributed by atoms with van der Waals surface area (Å²) in [7, 11) is 1.77. The number of amides is 1. The molecule has 1 heterocycles. The van der Waals surface area contributed by atoms with Gasteiger partial charge in [0.05, 0.1) is 0 Å². The van der Waals surface area contributed by atoms with Crippen LogP contribution in [-0.2, 0) is 4.79 Å². The van der Waals surface area contributed by atoms with Gasteiger partial charge in [0, 0.05) is 33.0 Å². The van der Waals surface area contributed by atoms with E-state index in [1.54, 1.807) is 18.8 Å². The summed E-state index contributed by atoms with van der Waals surface area (Å²) in [5.41, 5.74) is 1.84. The number of halogens is 1. The van der Waals surface area contributed by atoms with Crippen LogP contribution in [0.3, 0.4) is 0 Å². The summed E-state index contributed by atoms with van der Waals surface area (Å²) in [6, 6.07) is 3.69. The molecule has 0 saturated carbocycles. The van der Waals surface area contributed by atoms with E-state index in [9.17, 15) is 4.79 Å². The first-order chi connectivity index (χ1) is 8.67. The summed E-state index contributed by atoms with van der Waals surface area (Å²) in [5.74, 6) is 0.842. The minimum atomic E-state index is -0.271. The lowest BCUT2D eigenvalue weighted by Gasteiger charge is -2.09. The van der Waals surface area contributed by atoms with Crippen LogP contribution in [0.2, 0.25) is 0 Å². The van der Waals surface area contributed by atoms with Gasteiger partial charge < -0.3 is 15.7 Å². The second-order valence-corrected chi connectivity index (χ2v) is 6.00. The molecule has 1 aromatic carbocycles. The molecular formula is C12H15BrN2O2S. The Morgan fingerprint density at radius 3 is 3.00 bits per heavy atom. The first-order valence-corrected chi connectivity index (χ1v) is 7.50. The fourth-order valence-corrected chi connectivity index (χ4v) is 3.50. The first-order valence-electron chi connectivity index (χ1n) is 5.72. The lowest BCUT2D eigenvalue weighted by molar-refractivity contribution is -0.117. The fourth-order valence-electron chi connectivity index (χ4n) is 1.91. The van der Waals surface area contributed by atoms with Crippen molar-refractivity contribution < 1.29 is 9.90 Å². The number of benzene rings is 1. The van der Waals surface area contributed by atoms with Crippen molar-refractivity contribution in [2.45, 2.75) is 17.4 Å². The second-order valence-electron chi connectivity index (χ2n) is 4.01. The zero-order valence-corrected chi connectivity index (χ0v) is 12.4. The molecule has 0 radical (unpaired) electrons. The van der Waals surface area contributed by atoms with Gasteiger partial charge in [0.2, 0.25) is 5.91 Å². The summed E-state index contributed by atoms with van der Waals surface area (Å²) in [5, 5.41) is 14.6. The topological polar surface area (TPSA) is 61.4 Å². The van der Waals surface area contributed by atoms with Gasteiger partial charge >= 0.3 is 0 Å². The van der Waals surface area contributed by atoms with Gasteiger partial charge in [-0.2, -0.15) is 0 Å². The van der Waals surface area contributed by atoms with Crippen molar-refractivity contribution in [3.05, 3.63) is 22.2 Å². The smallest absolute Gasteiger partial charge is 0.246 e. The van der Waals surface area contributed by atoms with Crippen LogP contribution >= 0.6 is 27.7 Å². The number of nitrogens with one attached hydrogen (secondary N) is 2. The second kappa shape index (κ2) is 6.06. The highest BCUT2D eigenvalue weighted by Crippen LogP contribution is 2.38. The molecule has 0 spiro atoms. The number of thioether (sulfide) groups is 1. The predicted molar refractivity (Wildman–Crippen MR) is 77.0 cm³/mol.